The highest BCUT2D eigenvalue weighted by atomic mass is 16.5. The third-order valence-corrected chi connectivity index (χ3v) is 3.67. The molecule has 0 atom stereocenters. The lowest BCUT2D eigenvalue weighted by atomic mass is 9.80. The van der Waals surface area contributed by atoms with E-state index in [9.17, 15) is 9.59 Å². The van der Waals surface area contributed by atoms with Gasteiger partial charge in [-0.25, -0.2) is 9.69 Å². The SMILES string of the molecule is COC(=O)N1C(=O)CCC12CCCCC2. The van der Waals surface area contributed by atoms with E-state index in [-0.39, 0.29) is 11.4 Å². The molecule has 2 fully saturated rings. The smallest absolute Gasteiger partial charge is 0.416 e. The molecule has 2 aliphatic rings. The van der Waals surface area contributed by atoms with Crippen LogP contribution < -0.4 is 0 Å². The second-order valence-corrected chi connectivity index (χ2v) is 4.48. The Morgan fingerprint density at radius 1 is 1.27 bits per heavy atom. The topological polar surface area (TPSA) is 46.6 Å². The molecule has 1 aliphatic heterocycles. The highest BCUT2D eigenvalue weighted by Gasteiger charge is 2.49. The number of nitrogens with zero attached hydrogens (tertiary/aromatic N) is 1. The molecule has 2 amide bonds. The van der Waals surface area contributed by atoms with E-state index in [0.717, 1.165) is 32.1 Å². The Balaban J connectivity index is 2.22. The van der Waals surface area contributed by atoms with Crippen LogP contribution in [-0.2, 0) is 9.53 Å². The van der Waals surface area contributed by atoms with Crippen LogP contribution in [0.1, 0.15) is 44.9 Å². The number of methoxy groups -OCH3 is 1. The number of likely N-dealkylation sites (tertiary alicyclic amines) is 1. The molecule has 1 spiro atoms. The van der Waals surface area contributed by atoms with Crippen LogP contribution in [0.25, 0.3) is 0 Å². The molecule has 4 nitrogen and oxygen atoms in total. The molecular weight excluding hydrogens is 194 g/mol. The molecule has 1 saturated carbocycles. The van der Waals surface area contributed by atoms with Gasteiger partial charge in [-0.15, -0.1) is 0 Å². The van der Waals surface area contributed by atoms with Crippen molar-refractivity contribution >= 4 is 12.0 Å². The molecule has 4 heteroatoms. The zero-order valence-electron chi connectivity index (χ0n) is 9.12. The van der Waals surface area contributed by atoms with Gasteiger partial charge >= 0.3 is 6.09 Å². The standard InChI is InChI=1S/C11H17NO3/c1-15-10(14)12-9(13)5-8-11(12)6-3-2-4-7-11/h2-8H2,1H3. The van der Waals surface area contributed by atoms with Crippen molar-refractivity contribution in [3.8, 4) is 0 Å². The third kappa shape index (κ3) is 1.62. The number of ether oxygens (including phenoxy) is 1. The van der Waals surface area contributed by atoms with E-state index < -0.39 is 6.09 Å². The zero-order valence-corrected chi connectivity index (χ0v) is 9.12. The molecule has 84 valence electrons. The van der Waals surface area contributed by atoms with E-state index in [4.69, 9.17) is 4.74 Å². The molecule has 2 rings (SSSR count). The van der Waals surface area contributed by atoms with Crippen LogP contribution in [0.4, 0.5) is 4.79 Å². The maximum atomic E-state index is 11.7. The molecule has 1 saturated heterocycles. The fourth-order valence-corrected chi connectivity index (χ4v) is 2.90. The number of hydrogen-bond donors (Lipinski definition) is 0. The minimum Gasteiger partial charge on any atom is -0.452 e. The van der Waals surface area contributed by atoms with E-state index >= 15 is 0 Å². The molecular formula is C11H17NO3. The second-order valence-electron chi connectivity index (χ2n) is 4.48. The van der Waals surface area contributed by atoms with E-state index in [1.807, 2.05) is 0 Å². The largest absolute Gasteiger partial charge is 0.452 e. The van der Waals surface area contributed by atoms with Crippen molar-refractivity contribution in [2.24, 2.45) is 0 Å². The Hall–Kier alpha value is -1.06. The van der Waals surface area contributed by atoms with Gasteiger partial charge < -0.3 is 4.74 Å². The molecule has 0 aromatic heterocycles. The van der Waals surface area contributed by atoms with E-state index in [2.05, 4.69) is 0 Å². The summed E-state index contributed by atoms with van der Waals surface area (Å²) in [4.78, 5) is 24.6. The first-order valence-corrected chi connectivity index (χ1v) is 5.61. The summed E-state index contributed by atoms with van der Waals surface area (Å²) in [5.74, 6) is -0.0660. The highest BCUT2D eigenvalue weighted by molar-refractivity contribution is 5.94. The molecule has 0 unspecified atom stereocenters. The normalized spacial score (nSPS) is 24.6. The monoisotopic (exact) mass is 211 g/mol. The van der Waals surface area contributed by atoms with Crippen molar-refractivity contribution in [2.45, 2.75) is 50.5 Å². The lowest BCUT2D eigenvalue weighted by Gasteiger charge is -2.39. The zero-order chi connectivity index (χ0) is 10.9. The number of amides is 2. The number of carbonyl (C=O) groups is 2. The summed E-state index contributed by atoms with van der Waals surface area (Å²) in [6.45, 7) is 0. The van der Waals surface area contributed by atoms with Gasteiger partial charge in [0.25, 0.3) is 0 Å². The van der Waals surface area contributed by atoms with Crippen molar-refractivity contribution in [3.05, 3.63) is 0 Å². The summed E-state index contributed by atoms with van der Waals surface area (Å²) in [7, 11) is 1.34. The average molecular weight is 211 g/mol. The predicted molar refractivity (Wildman–Crippen MR) is 54.3 cm³/mol. The van der Waals surface area contributed by atoms with Gasteiger partial charge in [0.05, 0.1) is 12.6 Å². The fraction of sp³-hybridized carbons (Fsp3) is 0.818. The summed E-state index contributed by atoms with van der Waals surface area (Å²) in [5.41, 5.74) is -0.206. The summed E-state index contributed by atoms with van der Waals surface area (Å²) in [6, 6.07) is 0. The Morgan fingerprint density at radius 2 is 1.93 bits per heavy atom. The Bertz CT molecular complexity index is 282. The van der Waals surface area contributed by atoms with Gasteiger partial charge in [-0.3, -0.25) is 4.79 Å². The van der Waals surface area contributed by atoms with Gasteiger partial charge in [-0.1, -0.05) is 19.3 Å². The van der Waals surface area contributed by atoms with Crippen molar-refractivity contribution in [1.82, 2.24) is 4.90 Å². The molecule has 0 bridgehead atoms. The van der Waals surface area contributed by atoms with Crippen LogP contribution >= 0.6 is 0 Å². The lowest BCUT2D eigenvalue weighted by Crippen LogP contribution is -2.50. The Labute approximate surface area is 89.6 Å². The number of hydrogen-bond acceptors (Lipinski definition) is 3. The average Bonchev–Trinajstić information content (AvgIpc) is 2.56. The number of rotatable bonds is 0. The summed E-state index contributed by atoms with van der Waals surface area (Å²) in [6.07, 6.45) is 6.18. The summed E-state index contributed by atoms with van der Waals surface area (Å²) >= 11 is 0. The van der Waals surface area contributed by atoms with Gasteiger partial charge in [0.2, 0.25) is 5.91 Å². The van der Waals surface area contributed by atoms with E-state index in [1.54, 1.807) is 0 Å². The van der Waals surface area contributed by atoms with Crippen molar-refractivity contribution in [3.63, 3.8) is 0 Å². The Kier molecular flexibility index (Phi) is 2.67. The van der Waals surface area contributed by atoms with Crippen molar-refractivity contribution < 1.29 is 14.3 Å². The molecule has 15 heavy (non-hydrogen) atoms. The summed E-state index contributed by atoms with van der Waals surface area (Å²) in [5, 5.41) is 0. The highest BCUT2D eigenvalue weighted by Crippen LogP contribution is 2.42. The molecule has 0 N–H and O–H groups in total. The van der Waals surface area contributed by atoms with Crippen LogP contribution in [0.5, 0.6) is 0 Å². The first-order chi connectivity index (χ1) is 7.19. The van der Waals surface area contributed by atoms with Crippen LogP contribution in [0, 0.1) is 0 Å². The van der Waals surface area contributed by atoms with E-state index in [0.29, 0.717) is 6.42 Å². The van der Waals surface area contributed by atoms with Crippen molar-refractivity contribution in [2.75, 3.05) is 7.11 Å². The van der Waals surface area contributed by atoms with Gasteiger partial charge in [-0.2, -0.15) is 0 Å². The Morgan fingerprint density at radius 3 is 2.53 bits per heavy atom. The maximum Gasteiger partial charge on any atom is 0.416 e. The second kappa shape index (κ2) is 3.83. The minimum absolute atomic E-state index is 0.0660. The van der Waals surface area contributed by atoms with Crippen molar-refractivity contribution in [1.29, 1.82) is 0 Å². The molecule has 0 aromatic carbocycles. The quantitative estimate of drug-likeness (QED) is 0.616. The first kappa shape index (κ1) is 10.5. The van der Waals surface area contributed by atoms with Crippen LogP contribution in [0.15, 0.2) is 0 Å². The van der Waals surface area contributed by atoms with Gasteiger partial charge in [0.15, 0.2) is 0 Å². The van der Waals surface area contributed by atoms with Crippen LogP contribution in [0.2, 0.25) is 0 Å². The number of carbonyl (C=O) groups excluding carboxylic acids is 2. The van der Waals surface area contributed by atoms with E-state index in [1.165, 1.54) is 18.4 Å². The molecule has 0 radical (unpaired) electrons. The predicted octanol–water partition coefficient (Wildman–Crippen LogP) is 2.08. The lowest BCUT2D eigenvalue weighted by molar-refractivity contribution is -0.129. The third-order valence-electron chi connectivity index (χ3n) is 3.67. The summed E-state index contributed by atoms with van der Waals surface area (Å²) < 4.78 is 4.70. The van der Waals surface area contributed by atoms with Gasteiger partial charge in [0.1, 0.15) is 0 Å². The molecule has 1 heterocycles. The first-order valence-electron chi connectivity index (χ1n) is 5.61. The molecule has 0 aromatic rings. The fourth-order valence-electron chi connectivity index (χ4n) is 2.90. The van der Waals surface area contributed by atoms with Gasteiger partial charge in [0, 0.05) is 6.42 Å². The molecule has 1 aliphatic carbocycles. The van der Waals surface area contributed by atoms with Crippen LogP contribution in [0.3, 0.4) is 0 Å². The maximum absolute atomic E-state index is 11.7. The van der Waals surface area contributed by atoms with Crippen LogP contribution in [-0.4, -0.2) is 29.5 Å². The number of imide groups is 1. The minimum atomic E-state index is -0.473. The van der Waals surface area contributed by atoms with Gasteiger partial charge in [-0.05, 0) is 19.3 Å².